The lowest BCUT2D eigenvalue weighted by Gasteiger charge is -2.44. The standard InChI is InChI=1S/C47H33BF2N4/c1-28-24-31(16-18-37(28)49)53-41-14-9-15-42-47(41)48(46-34-22-23-51(3)39(34)20-21-43(46)53)36-26-35-33-12-7-8-13-40(33)52(30-10-5-4-6-11-30)44(35)27-45(36)54(42)32-17-19-38(50)29(2)25-32/h4-27H,1-3H3. The van der Waals surface area contributed by atoms with E-state index < -0.39 is 0 Å². The largest absolute Gasteiger partial charge is 0.351 e. The van der Waals surface area contributed by atoms with E-state index in [1.165, 1.54) is 27.1 Å². The third-order valence-corrected chi connectivity index (χ3v) is 11.6. The van der Waals surface area contributed by atoms with Gasteiger partial charge in [0.05, 0.1) is 11.0 Å². The molecular formula is C47H33BF2N4. The van der Waals surface area contributed by atoms with Crippen molar-refractivity contribution in [1.82, 2.24) is 9.13 Å². The molecule has 0 saturated heterocycles. The van der Waals surface area contributed by atoms with Gasteiger partial charge in [-0.2, -0.15) is 0 Å². The summed E-state index contributed by atoms with van der Waals surface area (Å²) in [6.07, 6.45) is 2.13. The van der Waals surface area contributed by atoms with Gasteiger partial charge in [0.25, 0.3) is 6.71 Å². The van der Waals surface area contributed by atoms with Crippen molar-refractivity contribution in [2.24, 2.45) is 7.05 Å². The normalized spacial score (nSPS) is 13.2. The molecule has 0 bridgehead atoms. The molecule has 0 amide bonds. The molecule has 0 saturated carbocycles. The highest BCUT2D eigenvalue weighted by molar-refractivity contribution is 7.01. The molecule has 2 aromatic heterocycles. The van der Waals surface area contributed by atoms with Crippen LogP contribution < -0.4 is 26.2 Å². The Balaban J connectivity index is 1.31. The van der Waals surface area contributed by atoms with Crippen molar-refractivity contribution in [3.05, 3.63) is 168 Å². The van der Waals surface area contributed by atoms with Crippen LogP contribution in [0.2, 0.25) is 0 Å². The van der Waals surface area contributed by atoms with E-state index in [4.69, 9.17) is 0 Å². The molecule has 0 atom stereocenters. The lowest BCUT2D eigenvalue weighted by atomic mass is 9.33. The molecule has 11 rings (SSSR count). The number of fused-ring (bicyclic) bond motifs is 9. The van der Waals surface area contributed by atoms with E-state index in [2.05, 4.69) is 129 Å². The van der Waals surface area contributed by atoms with Crippen molar-refractivity contribution in [2.45, 2.75) is 13.8 Å². The first-order valence-electron chi connectivity index (χ1n) is 18.3. The molecule has 0 spiro atoms. The number of hydrogen-bond acceptors (Lipinski definition) is 2. The van der Waals surface area contributed by atoms with E-state index >= 15 is 0 Å². The van der Waals surface area contributed by atoms with Crippen LogP contribution in [0.4, 0.5) is 42.9 Å². The summed E-state index contributed by atoms with van der Waals surface area (Å²) >= 11 is 0. The van der Waals surface area contributed by atoms with Crippen molar-refractivity contribution in [2.75, 3.05) is 9.80 Å². The number of aromatic nitrogens is 2. The highest BCUT2D eigenvalue weighted by atomic mass is 19.1. The Labute approximate surface area is 311 Å². The van der Waals surface area contributed by atoms with Gasteiger partial charge in [-0.3, -0.25) is 0 Å². The Hall–Kier alpha value is -6.60. The van der Waals surface area contributed by atoms with E-state index in [-0.39, 0.29) is 18.3 Å². The number of nitrogens with zero attached hydrogens (tertiary/aromatic N) is 4. The summed E-state index contributed by atoms with van der Waals surface area (Å²) in [5.41, 5.74) is 15.1. The number of rotatable bonds is 3. The Morgan fingerprint density at radius 3 is 1.81 bits per heavy atom. The molecule has 4 heterocycles. The number of benzene rings is 7. The average Bonchev–Trinajstić information content (AvgIpc) is 3.73. The van der Waals surface area contributed by atoms with Crippen LogP contribution in [-0.2, 0) is 7.05 Å². The highest BCUT2D eigenvalue weighted by Gasteiger charge is 2.44. The Morgan fingerprint density at radius 1 is 0.463 bits per heavy atom. The van der Waals surface area contributed by atoms with Crippen molar-refractivity contribution < 1.29 is 8.78 Å². The van der Waals surface area contributed by atoms with E-state index in [1.54, 1.807) is 12.1 Å². The fourth-order valence-electron chi connectivity index (χ4n) is 9.20. The molecular weight excluding hydrogens is 669 g/mol. The van der Waals surface area contributed by atoms with Gasteiger partial charge in [-0.25, -0.2) is 8.78 Å². The first kappa shape index (κ1) is 31.0. The summed E-state index contributed by atoms with van der Waals surface area (Å²) in [7, 11) is 2.09. The second-order valence-corrected chi connectivity index (χ2v) is 14.7. The number of anilines is 6. The van der Waals surface area contributed by atoms with Crippen LogP contribution in [0.25, 0.3) is 38.4 Å². The molecule has 0 aliphatic carbocycles. The number of para-hydroxylation sites is 2. The monoisotopic (exact) mass is 702 g/mol. The molecule has 9 aromatic rings. The molecule has 0 unspecified atom stereocenters. The third-order valence-electron chi connectivity index (χ3n) is 11.6. The van der Waals surface area contributed by atoms with E-state index in [1.807, 2.05) is 44.2 Å². The van der Waals surface area contributed by atoms with Gasteiger partial charge in [-0.05, 0) is 138 Å². The molecule has 2 aliphatic rings. The van der Waals surface area contributed by atoms with Gasteiger partial charge in [0.1, 0.15) is 11.6 Å². The molecule has 2 aliphatic heterocycles. The molecule has 54 heavy (non-hydrogen) atoms. The Morgan fingerprint density at radius 2 is 1.11 bits per heavy atom. The summed E-state index contributed by atoms with van der Waals surface area (Å²) < 4.78 is 34.3. The second kappa shape index (κ2) is 11.2. The summed E-state index contributed by atoms with van der Waals surface area (Å²) in [6.45, 7) is 3.51. The minimum Gasteiger partial charge on any atom is -0.351 e. The molecule has 0 N–H and O–H groups in total. The van der Waals surface area contributed by atoms with Crippen molar-refractivity contribution in [1.29, 1.82) is 0 Å². The predicted octanol–water partition coefficient (Wildman–Crippen LogP) is 10.3. The van der Waals surface area contributed by atoms with Crippen LogP contribution in [0.3, 0.4) is 0 Å². The first-order valence-corrected chi connectivity index (χ1v) is 18.3. The van der Waals surface area contributed by atoms with Crippen LogP contribution in [0, 0.1) is 25.5 Å². The average molecular weight is 703 g/mol. The quantitative estimate of drug-likeness (QED) is 0.171. The van der Waals surface area contributed by atoms with E-state index in [0.717, 1.165) is 61.8 Å². The molecule has 0 radical (unpaired) electrons. The van der Waals surface area contributed by atoms with Crippen LogP contribution in [0.15, 0.2) is 146 Å². The smallest absolute Gasteiger partial charge is 0.253 e. The van der Waals surface area contributed by atoms with Crippen molar-refractivity contribution in [3.8, 4) is 5.69 Å². The zero-order chi connectivity index (χ0) is 36.4. The maximum atomic E-state index is 15.0. The molecule has 7 heteroatoms. The predicted molar refractivity (Wildman–Crippen MR) is 221 cm³/mol. The van der Waals surface area contributed by atoms with Crippen LogP contribution in [0.5, 0.6) is 0 Å². The number of halogens is 2. The van der Waals surface area contributed by atoms with Gasteiger partial charge in [0.2, 0.25) is 0 Å². The number of hydrogen-bond donors (Lipinski definition) is 0. The van der Waals surface area contributed by atoms with Gasteiger partial charge in [-0.15, -0.1) is 0 Å². The van der Waals surface area contributed by atoms with Gasteiger partial charge in [0.15, 0.2) is 0 Å². The Bertz CT molecular complexity index is 3040. The maximum absolute atomic E-state index is 15.0. The summed E-state index contributed by atoms with van der Waals surface area (Å²) in [5, 5.41) is 3.52. The fraction of sp³-hybridized carbons (Fsp3) is 0.0638. The van der Waals surface area contributed by atoms with Crippen LogP contribution in [-0.4, -0.2) is 15.8 Å². The van der Waals surface area contributed by atoms with E-state index in [0.29, 0.717) is 11.1 Å². The Kier molecular flexibility index (Phi) is 6.43. The summed E-state index contributed by atoms with van der Waals surface area (Å²) in [6, 6.07) is 47.8. The molecule has 7 aromatic carbocycles. The minimum atomic E-state index is -0.234. The fourth-order valence-corrected chi connectivity index (χ4v) is 9.20. The first-order chi connectivity index (χ1) is 26.4. The number of aryl methyl sites for hydroxylation is 3. The van der Waals surface area contributed by atoms with Crippen LogP contribution >= 0.6 is 0 Å². The SMILES string of the molecule is Cc1cc(N2c3cc4c(cc3B3c5c2cccc5N(c2ccc(F)c(C)c2)c2ccc5c(ccn5C)c23)c2ccccc2n4-c2ccccc2)ccc1F. The van der Waals surface area contributed by atoms with Crippen LogP contribution in [0.1, 0.15) is 11.1 Å². The maximum Gasteiger partial charge on any atom is 0.253 e. The van der Waals surface area contributed by atoms with Gasteiger partial charge in [0, 0.05) is 69.3 Å². The van der Waals surface area contributed by atoms with Gasteiger partial charge < -0.3 is 18.9 Å². The second-order valence-electron chi connectivity index (χ2n) is 14.7. The summed E-state index contributed by atoms with van der Waals surface area (Å²) in [4.78, 5) is 4.61. The molecule has 258 valence electrons. The van der Waals surface area contributed by atoms with Crippen molar-refractivity contribution in [3.63, 3.8) is 0 Å². The summed E-state index contributed by atoms with van der Waals surface area (Å²) in [5.74, 6) is -0.463. The van der Waals surface area contributed by atoms with Gasteiger partial charge in [-0.1, -0.05) is 48.5 Å². The zero-order valence-corrected chi connectivity index (χ0v) is 30.0. The third kappa shape index (κ3) is 4.18. The molecule has 0 fully saturated rings. The minimum absolute atomic E-state index is 0.133. The van der Waals surface area contributed by atoms with Gasteiger partial charge >= 0.3 is 0 Å². The lowest BCUT2D eigenvalue weighted by Crippen LogP contribution is -2.61. The van der Waals surface area contributed by atoms with Crippen molar-refractivity contribution >= 4 is 89.9 Å². The lowest BCUT2D eigenvalue weighted by molar-refractivity contribution is 0.618. The van der Waals surface area contributed by atoms with E-state index in [9.17, 15) is 8.78 Å². The topological polar surface area (TPSA) is 16.3 Å². The highest BCUT2D eigenvalue weighted by Crippen LogP contribution is 2.46. The molecule has 4 nitrogen and oxygen atoms in total. The zero-order valence-electron chi connectivity index (χ0n) is 30.0.